The zero-order valence-corrected chi connectivity index (χ0v) is 10.4. The lowest BCUT2D eigenvalue weighted by atomic mass is 9.81. The Labute approximate surface area is 109 Å². The summed E-state index contributed by atoms with van der Waals surface area (Å²) >= 11 is 5.57. The van der Waals surface area contributed by atoms with Crippen molar-refractivity contribution >= 4 is 11.6 Å². The topological polar surface area (TPSA) is 20.2 Å². The molecule has 1 aromatic carbocycles. The normalized spacial score (nSPS) is 25.2. The minimum absolute atomic E-state index is 0.211. The highest BCUT2D eigenvalue weighted by Crippen LogP contribution is 2.39. The highest BCUT2D eigenvalue weighted by molar-refractivity contribution is 6.31. The van der Waals surface area contributed by atoms with Crippen LogP contribution in [0.25, 0.3) is 0 Å². The van der Waals surface area contributed by atoms with Gasteiger partial charge in [0, 0.05) is 5.92 Å². The van der Waals surface area contributed by atoms with Crippen molar-refractivity contribution < 1.29 is 18.3 Å². The summed E-state index contributed by atoms with van der Waals surface area (Å²) in [5, 5.41) is 9.58. The average molecular weight is 279 g/mol. The second kappa shape index (κ2) is 5.10. The van der Waals surface area contributed by atoms with E-state index in [0.717, 1.165) is 25.3 Å². The van der Waals surface area contributed by atoms with Crippen LogP contribution in [0.15, 0.2) is 18.2 Å². The molecule has 5 heteroatoms. The maximum Gasteiger partial charge on any atom is 0.417 e. The van der Waals surface area contributed by atoms with Gasteiger partial charge in [0.15, 0.2) is 0 Å². The average Bonchev–Trinajstić information content (AvgIpc) is 2.29. The molecule has 1 aliphatic carbocycles. The molecule has 100 valence electrons. The number of rotatable bonds is 1. The molecule has 1 N–H and O–H groups in total. The van der Waals surface area contributed by atoms with E-state index in [1.807, 2.05) is 0 Å². The van der Waals surface area contributed by atoms with Crippen LogP contribution < -0.4 is 0 Å². The third-order valence-corrected chi connectivity index (χ3v) is 3.78. The van der Waals surface area contributed by atoms with Gasteiger partial charge in [0.2, 0.25) is 0 Å². The predicted molar refractivity (Wildman–Crippen MR) is 63.7 cm³/mol. The van der Waals surface area contributed by atoms with Crippen LogP contribution >= 0.6 is 11.6 Å². The van der Waals surface area contributed by atoms with Gasteiger partial charge in [-0.2, -0.15) is 13.2 Å². The van der Waals surface area contributed by atoms with Gasteiger partial charge in [-0.15, -0.1) is 0 Å². The van der Waals surface area contributed by atoms with Crippen LogP contribution in [0.2, 0.25) is 5.02 Å². The predicted octanol–water partition coefficient (Wildman–Crippen LogP) is 4.38. The summed E-state index contributed by atoms with van der Waals surface area (Å²) in [5.74, 6) is -0.211. The molecule has 0 heterocycles. The standard InChI is InChI=1S/C13H14ClF3O/c14-11-6-5-8(7-10(11)13(15,16)17)9-3-1-2-4-12(9)18/h5-7,9,12,18H,1-4H2/t9-,12+/m0/s1. The maximum atomic E-state index is 12.7. The zero-order valence-electron chi connectivity index (χ0n) is 9.67. The van der Waals surface area contributed by atoms with Gasteiger partial charge in [-0.05, 0) is 30.5 Å². The smallest absolute Gasteiger partial charge is 0.392 e. The van der Waals surface area contributed by atoms with Crippen molar-refractivity contribution in [3.05, 3.63) is 34.3 Å². The van der Waals surface area contributed by atoms with Crippen LogP contribution in [0, 0.1) is 0 Å². The van der Waals surface area contributed by atoms with Gasteiger partial charge >= 0.3 is 6.18 Å². The van der Waals surface area contributed by atoms with Crippen LogP contribution in [0.5, 0.6) is 0 Å². The fourth-order valence-corrected chi connectivity index (χ4v) is 2.72. The summed E-state index contributed by atoms with van der Waals surface area (Å²) in [7, 11) is 0. The molecule has 0 aromatic heterocycles. The molecular formula is C13H14ClF3O. The molecule has 0 aliphatic heterocycles. The molecule has 0 unspecified atom stereocenters. The lowest BCUT2D eigenvalue weighted by molar-refractivity contribution is -0.137. The first-order chi connectivity index (χ1) is 8.39. The summed E-state index contributed by atoms with van der Waals surface area (Å²) in [6.07, 6.45) is -1.77. The Kier molecular flexibility index (Phi) is 3.87. The zero-order chi connectivity index (χ0) is 13.3. The molecule has 0 saturated heterocycles. The van der Waals surface area contributed by atoms with Gasteiger partial charge in [-0.25, -0.2) is 0 Å². The van der Waals surface area contributed by atoms with Crippen LogP contribution in [0.1, 0.15) is 42.7 Å². The van der Waals surface area contributed by atoms with E-state index in [9.17, 15) is 18.3 Å². The van der Waals surface area contributed by atoms with Crippen molar-refractivity contribution in [3.8, 4) is 0 Å². The highest BCUT2D eigenvalue weighted by atomic mass is 35.5. The van der Waals surface area contributed by atoms with E-state index < -0.39 is 17.8 Å². The molecule has 1 saturated carbocycles. The van der Waals surface area contributed by atoms with Crippen LogP contribution in [0.3, 0.4) is 0 Å². The highest BCUT2D eigenvalue weighted by Gasteiger charge is 2.34. The maximum absolute atomic E-state index is 12.7. The van der Waals surface area contributed by atoms with Crippen LogP contribution in [0.4, 0.5) is 13.2 Å². The van der Waals surface area contributed by atoms with Crippen molar-refractivity contribution in [2.24, 2.45) is 0 Å². The minimum Gasteiger partial charge on any atom is -0.392 e. The van der Waals surface area contributed by atoms with E-state index >= 15 is 0 Å². The van der Waals surface area contributed by atoms with Crippen LogP contribution in [-0.4, -0.2) is 11.2 Å². The molecule has 0 spiro atoms. The summed E-state index contributed by atoms with van der Waals surface area (Å²) in [6.45, 7) is 0. The Balaban J connectivity index is 2.34. The first-order valence-electron chi connectivity index (χ1n) is 5.94. The van der Waals surface area contributed by atoms with Crippen molar-refractivity contribution in [1.82, 2.24) is 0 Å². The van der Waals surface area contributed by atoms with Crippen molar-refractivity contribution in [2.45, 2.75) is 43.9 Å². The summed E-state index contributed by atoms with van der Waals surface area (Å²) in [5.41, 5.74) is -0.293. The van der Waals surface area contributed by atoms with Crippen molar-refractivity contribution in [2.75, 3.05) is 0 Å². The van der Waals surface area contributed by atoms with Gasteiger partial charge < -0.3 is 5.11 Å². The fourth-order valence-electron chi connectivity index (χ4n) is 2.49. The number of alkyl halides is 3. The molecule has 1 aromatic rings. The minimum atomic E-state index is -4.45. The molecule has 0 amide bonds. The van der Waals surface area contributed by atoms with Gasteiger partial charge in [-0.1, -0.05) is 30.5 Å². The molecular weight excluding hydrogens is 265 g/mol. The van der Waals surface area contributed by atoms with Crippen LogP contribution in [-0.2, 0) is 6.18 Å². The Morgan fingerprint density at radius 2 is 1.83 bits per heavy atom. The molecule has 18 heavy (non-hydrogen) atoms. The number of aliphatic hydroxyl groups is 1. The second-order valence-electron chi connectivity index (χ2n) is 4.70. The molecule has 0 bridgehead atoms. The number of halogens is 4. The molecule has 1 aliphatic rings. The molecule has 1 nitrogen and oxygen atoms in total. The van der Waals surface area contributed by atoms with Gasteiger partial charge in [0.25, 0.3) is 0 Å². The van der Waals surface area contributed by atoms with Gasteiger partial charge in [-0.3, -0.25) is 0 Å². The first-order valence-corrected chi connectivity index (χ1v) is 6.32. The number of hydrogen-bond donors (Lipinski definition) is 1. The summed E-state index contributed by atoms with van der Waals surface area (Å²) in [4.78, 5) is 0. The monoisotopic (exact) mass is 278 g/mol. The molecule has 1 fully saturated rings. The van der Waals surface area contributed by atoms with Crippen molar-refractivity contribution in [3.63, 3.8) is 0 Å². The third-order valence-electron chi connectivity index (χ3n) is 3.45. The third kappa shape index (κ3) is 2.81. The Bertz CT molecular complexity index is 431. The van der Waals surface area contributed by atoms with E-state index in [1.165, 1.54) is 6.07 Å². The van der Waals surface area contributed by atoms with Gasteiger partial charge in [0.05, 0.1) is 16.7 Å². The molecule has 2 atom stereocenters. The lowest BCUT2D eigenvalue weighted by Gasteiger charge is -2.28. The van der Waals surface area contributed by atoms with E-state index in [1.54, 1.807) is 6.07 Å². The second-order valence-corrected chi connectivity index (χ2v) is 5.10. The molecule has 0 radical (unpaired) electrons. The van der Waals surface area contributed by atoms with E-state index in [-0.39, 0.29) is 10.9 Å². The summed E-state index contributed by atoms with van der Waals surface area (Å²) < 4.78 is 38.2. The number of benzene rings is 1. The Morgan fingerprint density at radius 1 is 1.17 bits per heavy atom. The number of hydrogen-bond acceptors (Lipinski definition) is 1. The van der Waals surface area contributed by atoms with Crippen molar-refractivity contribution in [1.29, 1.82) is 0 Å². The largest absolute Gasteiger partial charge is 0.417 e. The SMILES string of the molecule is O[C@@H]1CCCC[C@H]1c1ccc(Cl)c(C(F)(F)F)c1. The van der Waals surface area contributed by atoms with Gasteiger partial charge in [0.1, 0.15) is 0 Å². The first kappa shape index (κ1) is 13.7. The number of aliphatic hydroxyl groups excluding tert-OH is 1. The molecule has 2 rings (SSSR count). The van der Waals surface area contributed by atoms with E-state index in [0.29, 0.717) is 12.0 Å². The lowest BCUT2D eigenvalue weighted by Crippen LogP contribution is -2.23. The Morgan fingerprint density at radius 3 is 2.44 bits per heavy atom. The van der Waals surface area contributed by atoms with E-state index in [2.05, 4.69) is 0 Å². The Hall–Kier alpha value is -0.740. The fraction of sp³-hybridized carbons (Fsp3) is 0.538. The summed E-state index contributed by atoms with van der Waals surface area (Å²) in [6, 6.07) is 3.92. The quantitative estimate of drug-likeness (QED) is 0.808. The van der Waals surface area contributed by atoms with E-state index in [4.69, 9.17) is 11.6 Å².